The van der Waals surface area contributed by atoms with Crippen LogP contribution in [0.15, 0.2) is 48.8 Å². The topological polar surface area (TPSA) is 48.1 Å². The fourth-order valence-electron chi connectivity index (χ4n) is 3.76. The first-order valence-corrected chi connectivity index (χ1v) is 9.25. The molecule has 1 saturated heterocycles. The summed E-state index contributed by atoms with van der Waals surface area (Å²) in [7, 11) is 0. The predicted octanol–water partition coefficient (Wildman–Crippen LogP) is 4.23. The van der Waals surface area contributed by atoms with E-state index in [9.17, 15) is 4.39 Å². The largest absolute Gasteiger partial charge is 0.366 e. The van der Waals surface area contributed by atoms with E-state index in [4.69, 9.17) is 11.6 Å². The molecule has 0 aliphatic carbocycles. The van der Waals surface area contributed by atoms with E-state index < -0.39 is 0 Å². The summed E-state index contributed by atoms with van der Waals surface area (Å²) in [5.74, 6) is 0.698. The molecule has 0 spiro atoms. The minimum absolute atomic E-state index is 0.178. The number of benzene rings is 2. The van der Waals surface area contributed by atoms with Crippen molar-refractivity contribution >= 4 is 45.0 Å². The van der Waals surface area contributed by atoms with Crippen LogP contribution >= 0.6 is 11.6 Å². The first kappa shape index (κ1) is 16.3. The van der Waals surface area contributed by atoms with Gasteiger partial charge < -0.3 is 14.8 Å². The zero-order valence-electron chi connectivity index (χ0n) is 14.5. The normalized spacial score (nSPS) is 15.0. The Kier molecular flexibility index (Phi) is 3.86. The van der Waals surface area contributed by atoms with Gasteiger partial charge in [-0.25, -0.2) is 14.4 Å². The molecule has 27 heavy (non-hydrogen) atoms. The Hall–Kier alpha value is -2.86. The minimum atomic E-state index is -0.178. The Morgan fingerprint density at radius 1 is 0.963 bits per heavy atom. The van der Waals surface area contributed by atoms with Crippen LogP contribution in [0.4, 0.5) is 15.9 Å². The van der Waals surface area contributed by atoms with Crippen LogP contribution in [0, 0.1) is 5.82 Å². The molecule has 1 fully saturated rings. The van der Waals surface area contributed by atoms with Gasteiger partial charge in [0.2, 0.25) is 0 Å². The summed E-state index contributed by atoms with van der Waals surface area (Å²) in [5.41, 5.74) is 3.43. The third-order valence-electron chi connectivity index (χ3n) is 5.10. The highest BCUT2D eigenvalue weighted by Crippen LogP contribution is 2.31. The molecule has 1 aliphatic rings. The molecular weight excluding hydrogens is 365 g/mol. The van der Waals surface area contributed by atoms with Crippen molar-refractivity contribution in [3.8, 4) is 0 Å². The molecule has 3 heterocycles. The van der Waals surface area contributed by atoms with E-state index in [1.165, 1.54) is 6.07 Å². The van der Waals surface area contributed by atoms with Crippen molar-refractivity contribution in [3.05, 3.63) is 59.6 Å². The van der Waals surface area contributed by atoms with E-state index in [0.29, 0.717) is 10.7 Å². The molecule has 1 N–H and O–H groups in total. The van der Waals surface area contributed by atoms with Crippen LogP contribution in [0.25, 0.3) is 21.9 Å². The third-order valence-corrected chi connectivity index (χ3v) is 5.33. The van der Waals surface area contributed by atoms with Crippen molar-refractivity contribution in [1.29, 1.82) is 0 Å². The number of hydrogen-bond acceptors (Lipinski definition) is 4. The number of aromatic amines is 1. The lowest BCUT2D eigenvalue weighted by molar-refractivity contribution is 0.596. The number of nitrogens with zero attached hydrogens (tertiary/aromatic N) is 4. The maximum absolute atomic E-state index is 14.1. The Labute approximate surface area is 160 Å². The quantitative estimate of drug-likeness (QED) is 0.564. The Morgan fingerprint density at radius 2 is 1.74 bits per heavy atom. The number of H-pyrrole nitrogens is 1. The molecule has 4 aromatic rings. The Balaban J connectivity index is 1.47. The SMILES string of the molecule is Fc1ccccc1N1CCN(c2ncnc3c2[nH]c2ccc(Cl)cc23)CC1. The zero-order valence-corrected chi connectivity index (χ0v) is 15.2. The summed E-state index contributed by atoms with van der Waals surface area (Å²) in [6, 6.07) is 12.7. The van der Waals surface area contributed by atoms with Gasteiger partial charge in [-0.1, -0.05) is 23.7 Å². The first-order valence-electron chi connectivity index (χ1n) is 8.87. The highest BCUT2D eigenvalue weighted by atomic mass is 35.5. The van der Waals surface area contributed by atoms with E-state index in [1.54, 1.807) is 12.4 Å². The molecule has 0 atom stereocenters. The van der Waals surface area contributed by atoms with E-state index in [-0.39, 0.29) is 5.82 Å². The molecule has 5 nitrogen and oxygen atoms in total. The van der Waals surface area contributed by atoms with Crippen LogP contribution in [0.5, 0.6) is 0 Å². The number of rotatable bonds is 2. The molecule has 5 rings (SSSR count). The standard InChI is InChI=1S/C20H17ClFN5/c21-13-5-6-16-14(11-13)18-19(25-16)20(24-12-23-18)27-9-7-26(8-10-27)17-4-2-1-3-15(17)22/h1-6,11-12,25H,7-10H2. The molecular formula is C20H17ClFN5. The van der Waals surface area contributed by atoms with Gasteiger partial charge in [-0.05, 0) is 30.3 Å². The van der Waals surface area contributed by atoms with Gasteiger partial charge in [-0.15, -0.1) is 0 Å². The van der Waals surface area contributed by atoms with Crippen LogP contribution in [0.2, 0.25) is 5.02 Å². The lowest BCUT2D eigenvalue weighted by Gasteiger charge is -2.36. The van der Waals surface area contributed by atoms with Crippen LogP contribution in [-0.4, -0.2) is 41.1 Å². The summed E-state index contributed by atoms with van der Waals surface area (Å²) in [6.07, 6.45) is 1.59. The van der Waals surface area contributed by atoms with Crippen molar-refractivity contribution in [2.45, 2.75) is 0 Å². The smallest absolute Gasteiger partial charge is 0.156 e. The summed E-state index contributed by atoms with van der Waals surface area (Å²) >= 11 is 6.15. The van der Waals surface area contributed by atoms with Crippen molar-refractivity contribution in [2.24, 2.45) is 0 Å². The molecule has 7 heteroatoms. The van der Waals surface area contributed by atoms with Gasteiger partial charge in [0.25, 0.3) is 0 Å². The fraction of sp³-hybridized carbons (Fsp3) is 0.200. The number of hydrogen-bond donors (Lipinski definition) is 1. The second-order valence-corrected chi connectivity index (χ2v) is 7.10. The van der Waals surface area contributed by atoms with Crippen LogP contribution < -0.4 is 9.80 Å². The maximum atomic E-state index is 14.1. The Bertz CT molecular complexity index is 1130. The minimum Gasteiger partial charge on any atom is -0.366 e. The first-order chi connectivity index (χ1) is 13.2. The molecule has 0 saturated carbocycles. The van der Waals surface area contributed by atoms with E-state index >= 15 is 0 Å². The van der Waals surface area contributed by atoms with Crippen LogP contribution in [0.3, 0.4) is 0 Å². The second kappa shape index (κ2) is 6.39. The van der Waals surface area contributed by atoms with Crippen LogP contribution in [-0.2, 0) is 0 Å². The van der Waals surface area contributed by atoms with Gasteiger partial charge in [0, 0.05) is 42.1 Å². The fourth-order valence-corrected chi connectivity index (χ4v) is 3.93. The number of nitrogens with one attached hydrogen (secondary N) is 1. The van der Waals surface area contributed by atoms with Crippen molar-refractivity contribution in [1.82, 2.24) is 15.0 Å². The number of piperazine rings is 1. The number of fused-ring (bicyclic) bond motifs is 3. The van der Waals surface area contributed by atoms with Crippen molar-refractivity contribution in [3.63, 3.8) is 0 Å². The van der Waals surface area contributed by atoms with Gasteiger partial charge in [-0.3, -0.25) is 0 Å². The third kappa shape index (κ3) is 2.77. The average Bonchev–Trinajstić information content (AvgIpc) is 3.07. The number of anilines is 2. The van der Waals surface area contributed by atoms with Gasteiger partial charge >= 0.3 is 0 Å². The monoisotopic (exact) mass is 381 g/mol. The molecule has 2 aromatic carbocycles. The molecule has 0 radical (unpaired) electrons. The molecule has 136 valence electrons. The van der Waals surface area contributed by atoms with Crippen molar-refractivity contribution in [2.75, 3.05) is 36.0 Å². The predicted molar refractivity (Wildman–Crippen MR) is 107 cm³/mol. The Morgan fingerprint density at radius 3 is 2.56 bits per heavy atom. The molecule has 0 bridgehead atoms. The summed E-state index contributed by atoms with van der Waals surface area (Å²) in [4.78, 5) is 16.7. The highest BCUT2D eigenvalue weighted by molar-refractivity contribution is 6.31. The molecule has 1 aliphatic heterocycles. The summed E-state index contributed by atoms with van der Waals surface area (Å²) < 4.78 is 14.1. The average molecular weight is 382 g/mol. The zero-order chi connectivity index (χ0) is 18.4. The van der Waals surface area contributed by atoms with Gasteiger partial charge in [0.15, 0.2) is 5.82 Å². The van der Waals surface area contributed by atoms with Gasteiger partial charge in [0.1, 0.15) is 23.2 Å². The molecule has 2 aromatic heterocycles. The van der Waals surface area contributed by atoms with Crippen LogP contribution in [0.1, 0.15) is 0 Å². The number of para-hydroxylation sites is 1. The van der Waals surface area contributed by atoms with E-state index in [1.807, 2.05) is 30.3 Å². The van der Waals surface area contributed by atoms with Crippen molar-refractivity contribution < 1.29 is 4.39 Å². The van der Waals surface area contributed by atoms with Gasteiger partial charge in [-0.2, -0.15) is 0 Å². The summed E-state index contributed by atoms with van der Waals surface area (Å²) in [6.45, 7) is 2.99. The molecule has 0 unspecified atom stereocenters. The van der Waals surface area contributed by atoms with E-state index in [2.05, 4.69) is 24.8 Å². The number of halogens is 2. The highest BCUT2D eigenvalue weighted by Gasteiger charge is 2.22. The van der Waals surface area contributed by atoms with Gasteiger partial charge in [0.05, 0.1) is 5.69 Å². The number of aromatic nitrogens is 3. The molecule has 0 amide bonds. The second-order valence-electron chi connectivity index (χ2n) is 6.66. The lowest BCUT2D eigenvalue weighted by Crippen LogP contribution is -2.47. The maximum Gasteiger partial charge on any atom is 0.156 e. The lowest BCUT2D eigenvalue weighted by atomic mass is 10.2. The summed E-state index contributed by atoms with van der Waals surface area (Å²) in [5, 5.41) is 1.67. The van der Waals surface area contributed by atoms with E-state index in [0.717, 1.165) is 53.9 Å².